The molecule has 1 aliphatic rings. The first-order valence-corrected chi connectivity index (χ1v) is 7.51. The summed E-state index contributed by atoms with van der Waals surface area (Å²) in [6.45, 7) is 0.584. The van der Waals surface area contributed by atoms with Gasteiger partial charge in [-0.3, -0.25) is 0 Å². The van der Waals surface area contributed by atoms with Crippen LogP contribution in [0.3, 0.4) is 0 Å². The van der Waals surface area contributed by atoms with Gasteiger partial charge in [-0.15, -0.1) is 0 Å². The highest BCUT2D eigenvalue weighted by atomic mass is 32.1. The number of thiophene rings is 1. The van der Waals surface area contributed by atoms with E-state index in [1.54, 1.807) is 17.4 Å². The van der Waals surface area contributed by atoms with E-state index in [-0.39, 0.29) is 18.3 Å². The van der Waals surface area contributed by atoms with Crippen LogP contribution >= 0.6 is 11.3 Å². The summed E-state index contributed by atoms with van der Waals surface area (Å²) in [5, 5.41) is 21.8. The molecule has 0 amide bonds. The largest absolute Gasteiger partial charge is 0.475 e. The fraction of sp³-hybridized carbons (Fsp3) is 0.500. The van der Waals surface area contributed by atoms with Gasteiger partial charge in [0, 0.05) is 18.9 Å². The lowest BCUT2D eigenvalue weighted by Crippen LogP contribution is -2.27. The third-order valence-electron chi connectivity index (χ3n) is 3.10. The number of unbranched alkanes of at least 4 members (excludes halogenated alkanes) is 1. The molecule has 5 nitrogen and oxygen atoms in total. The molecule has 2 rings (SSSR count). The number of aliphatic hydroxyl groups excluding tert-OH is 1. The highest BCUT2D eigenvalue weighted by Crippen LogP contribution is 2.32. The Kier molecular flexibility index (Phi) is 5.58. The summed E-state index contributed by atoms with van der Waals surface area (Å²) in [6.07, 6.45) is 3.09. The normalized spacial score (nSPS) is 22.1. The Morgan fingerprint density at radius 3 is 3.00 bits per heavy atom. The number of aliphatic hydroxyl groups is 1. The minimum atomic E-state index is -1.08. The van der Waals surface area contributed by atoms with E-state index in [4.69, 9.17) is 19.7 Å². The van der Waals surface area contributed by atoms with Gasteiger partial charge >= 0.3 is 5.97 Å². The minimum absolute atomic E-state index is 0.00365. The standard InChI is InChI=1S/C14H18O5S/c15-4-1-2-5-18-13-8-11(10-3-6-20-9-10)7-12(19-13)14(16)17/h3,6-7,9,11,13,15H,1-2,4-5,8H2,(H,16,17). The van der Waals surface area contributed by atoms with E-state index in [1.165, 1.54) is 0 Å². The van der Waals surface area contributed by atoms with E-state index in [0.717, 1.165) is 12.0 Å². The lowest BCUT2D eigenvalue weighted by molar-refractivity contribution is -0.157. The van der Waals surface area contributed by atoms with E-state index in [2.05, 4.69) is 0 Å². The van der Waals surface area contributed by atoms with Crippen LogP contribution in [0.4, 0.5) is 0 Å². The summed E-state index contributed by atoms with van der Waals surface area (Å²) in [6, 6.07) is 1.99. The van der Waals surface area contributed by atoms with Crippen LogP contribution in [0.2, 0.25) is 0 Å². The van der Waals surface area contributed by atoms with Crippen LogP contribution in [0, 0.1) is 0 Å². The molecule has 0 aliphatic carbocycles. The van der Waals surface area contributed by atoms with Crippen molar-refractivity contribution in [2.24, 2.45) is 0 Å². The lowest BCUT2D eigenvalue weighted by Gasteiger charge is -2.27. The topological polar surface area (TPSA) is 76.0 Å². The molecule has 6 heteroatoms. The summed E-state index contributed by atoms with van der Waals surface area (Å²) >= 11 is 1.58. The molecule has 0 aromatic carbocycles. The number of rotatable bonds is 7. The monoisotopic (exact) mass is 298 g/mol. The van der Waals surface area contributed by atoms with Gasteiger partial charge < -0.3 is 19.7 Å². The molecule has 0 radical (unpaired) electrons. The van der Waals surface area contributed by atoms with Crippen molar-refractivity contribution in [2.45, 2.75) is 31.5 Å². The minimum Gasteiger partial charge on any atom is -0.475 e. The summed E-state index contributed by atoms with van der Waals surface area (Å²) in [5.74, 6) is -1.13. The lowest BCUT2D eigenvalue weighted by atomic mass is 9.95. The molecule has 110 valence electrons. The van der Waals surface area contributed by atoms with Crippen molar-refractivity contribution >= 4 is 17.3 Å². The van der Waals surface area contributed by atoms with Crippen molar-refractivity contribution in [3.63, 3.8) is 0 Å². The summed E-state index contributed by atoms with van der Waals surface area (Å²) in [4.78, 5) is 11.1. The van der Waals surface area contributed by atoms with Crippen molar-refractivity contribution in [1.29, 1.82) is 0 Å². The third kappa shape index (κ3) is 4.06. The average Bonchev–Trinajstić information content (AvgIpc) is 2.97. The van der Waals surface area contributed by atoms with Crippen LogP contribution in [0.25, 0.3) is 0 Å². The number of hydrogen-bond acceptors (Lipinski definition) is 5. The Hall–Kier alpha value is -1.37. The molecule has 2 heterocycles. The number of carboxylic acid groups (broad SMARTS) is 1. The molecular formula is C14H18O5S. The van der Waals surface area contributed by atoms with Crippen LogP contribution in [-0.2, 0) is 14.3 Å². The zero-order valence-corrected chi connectivity index (χ0v) is 11.8. The van der Waals surface area contributed by atoms with Crippen molar-refractivity contribution in [3.8, 4) is 0 Å². The first kappa shape index (κ1) is 15.0. The number of hydrogen-bond donors (Lipinski definition) is 2. The average molecular weight is 298 g/mol. The predicted octanol–water partition coefficient (Wildman–Crippen LogP) is 2.34. The van der Waals surface area contributed by atoms with Crippen LogP contribution in [0.15, 0.2) is 28.7 Å². The van der Waals surface area contributed by atoms with Gasteiger partial charge in [-0.1, -0.05) is 0 Å². The molecule has 1 aromatic rings. The molecule has 0 spiro atoms. The zero-order chi connectivity index (χ0) is 14.4. The van der Waals surface area contributed by atoms with Gasteiger partial charge in [-0.25, -0.2) is 4.79 Å². The molecule has 2 unspecified atom stereocenters. The van der Waals surface area contributed by atoms with Crippen molar-refractivity contribution < 1.29 is 24.5 Å². The van der Waals surface area contributed by atoms with Crippen molar-refractivity contribution in [1.82, 2.24) is 0 Å². The molecule has 0 fully saturated rings. The highest BCUT2D eigenvalue weighted by Gasteiger charge is 2.28. The highest BCUT2D eigenvalue weighted by molar-refractivity contribution is 7.08. The Morgan fingerprint density at radius 1 is 1.50 bits per heavy atom. The summed E-state index contributed by atoms with van der Waals surface area (Å²) in [7, 11) is 0. The van der Waals surface area contributed by atoms with Crippen LogP contribution < -0.4 is 0 Å². The van der Waals surface area contributed by atoms with E-state index < -0.39 is 12.3 Å². The third-order valence-corrected chi connectivity index (χ3v) is 3.80. The van der Waals surface area contributed by atoms with E-state index >= 15 is 0 Å². The van der Waals surface area contributed by atoms with E-state index in [0.29, 0.717) is 19.4 Å². The van der Waals surface area contributed by atoms with Gasteiger partial charge in [0.25, 0.3) is 0 Å². The number of aliphatic carboxylic acids is 1. The molecule has 2 atom stereocenters. The predicted molar refractivity (Wildman–Crippen MR) is 74.5 cm³/mol. The maximum absolute atomic E-state index is 11.1. The zero-order valence-electron chi connectivity index (χ0n) is 11.0. The molecule has 1 aliphatic heterocycles. The van der Waals surface area contributed by atoms with Crippen molar-refractivity contribution in [2.75, 3.05) is 13.2 Å². The molecule has 2 N–H and O–H groups in total. The molecule has 0 bridgehead atoms. The van der Waals surface area contributed by atoms with Gasteiger partial charge in [-0.2, -0.15) is 11.3 Å². The maximum Gasteiger partial charge on any atom is 0.370 e. The van der Waals surface area contributed by atoms with Gasteiger partial charge in [-0.05, 0) is 41.3 Å². The van der Waals surface area contributed by atoms with Gasteiger partial charge in [0.05, 0.1) is 6.61 Å². The number of carbonyl (C=O) groups is 1. The Morgan fingerprint density at radius 2 is 2.35 bits per heavy atom. The second-order valence-corrected chi connectivity index (χ2v) is 5.36. The Balaban J connectivity index is 1.99. The molecular weight excluding hydrogens is 280 g/mol. The number of ether oxygens (including phenoxy) is 2. The van der Waals surface area contributed by atoms with Gasteiger partial charge in [0.15, 0.2) is 0 Å². The van der Waals surface area contributed by atoms with Crippen LogP contribution in [-0.4, -0.2) is 35.7 Å². The van der Waals surface area contributed by atoms with E-state index in [1.807, 2.05) is 16.8 Å². The second kappa shape index (κ2) is 7.42. The van der Waals surface area contributed by atoms with E-state index in [9.17, 15) is 4.79 Å². The van der Waals surface area contributed by atoms with Gasteiger partial charge in [0.1, 0.15) is 0 Å². The molecule has 20 heavy (non-hydrogen) atoms. The fourth-order valence-electron chi connectivity index (χ4n) is 2.06. The Labute approximate surface area is 121 Å². The fourth-order valence-corrected chi connectivity index (χ4v) is 2.78. The Bertz CT molecular complexity index is 454. The number of carboxylic acids is 1. The quantitative estimate of drug-likeness (QED) is 0.756. The van der Waals surface area contributed by atoms with Gasteiger partial charge in [0.2, 0.25) is 12.0 Å². The molecule has 0 saturated heterocycles. The summed E-state index contributed by atoms with van der Waals surface area (Å²) < 4.78 is 10.9. The van der Waals surface area contributed by atoms with Crippen LogP contribution in [0.5, 0.6) is 0 Å². The first-order valence-electron chi connectivity index (χ1n) is 6.57. The number of allylic oxidation sites excluding steroid dienone is 1. The van der Waals surface area contributed by atoms with Crippen LogP contribution in [0.1, 0.15) is 30.7 Å². The molecule has 1 aromatic heterocycles. The SMILES string of the molecule is O=C(O)C1=CC(c2ccsc2)CC(OCCCCO)O1. The maximum atomic E-state index is 11.1. The first-order chi connectivity index (χ1) is 9.70. The molecule has 0 saturated carbocycles. The smallest absolute Gasteiger partial charge is 0.370 e. The summed E-state index contributed by atoms with van der Waals surface area (Å²) in [5.41, 5.74) is 1.08. The van der Waals surface area contributed by atoms with Crippen molar-refractivity contribution in [3.05, 3.63) is 34.2 Å². The second-order valence-electron chi connectivity index (χ2n) is 4.58.